The highest BCUT2D eigenvalue weighted by molar-refractivity contribution is 9.10. The summed E-state index contributed by atoms with van der Waals surface area (Å²) in [6.07, 6.45) is 0. The van der Waals surface area contributed by atoms with Gasteiger partial charge in [-0.05, 0) is 18.2 Å². The lowest BCUT2D eigenvalue weighted by molar-refractivity contribution is -0.384. The summed E-state index contributed by atoms with van der Waals surface area (Å²) < 4.78 is 0.735. The van der Waals surface area contributed by atoms with E-state index in [1.165, 1.54) is 23.5 Å². The second-order valence-corrected chi connectivity index (χ2v) is 7.10. The van der Waals surface area contributed by atoms with Crippen molar-refractivity contribution in [3.05, 3.63) is 73.0 Å². The SMILES string of the molecule is O=C(Nc1nc(-c2cccc([N+](=O)[O-])c2)cs1)c1cc(Br)ccc1Cl. The van der Waals surface area contributed by atoms with Gasteiger partial charge in [0.25, 0.3) is 11.6 Å². The molecule has 0 aliphatic carbocycles. The summed E-state index contributed by atoms with van der Waals surface area (Å²) in [5, 5.41) is 16.0. The summed E-state index contributed by atoms with van der Waals surface area (Å²) >= 11 is 10.6. The van der Waals surface area contributed by atoms with Crippen molar-refractivity contribution in [2.24, 2.45) is 0 Å². The fourth-order valence-corrected chi connectivity index (χ4v) is 3.36. The fourth-order valence-electron chi connectivity index (χ4n) is 2.08. The molecule has 0 atom stereocenters. The number of halogens is 2. The molecule has 3 rings (SSSR count). The zero-order chi connectivity index (χ0) is 18.0. The van der Waals surface area contributed by atoms with Crippen LogP contribution in [-0.2, 0) is 0 Å². The summed E-state index contributed by atoms with van der Waals surface area (Å²) in [6.45, 7) is 0. The lowest BCUT2D eigenvalue weighted by Gasteiger charge is -2.04. The van der Waals surface area contributed by atoms with Gasteiger partial charge in [-0.2, -0.15) is 0 Å². The average molecular weight is 439 g/mol. The molecule has 3 aromatic rings. The van der Waals surface area contributed by atoms with Crippen molar-refractivity contribution in [3.8, 4) is 11.3 Å². The van der Waals surface area contributed by atoms with Crippen molar-refractivity contribution in [1.82, 2.24) is 4.98 Å². The van der Waals surface area contributed by atoms with Crippen molar-refractivity contribution in [3.63, 3.8) is 0 Å². The van der Waals surface area contributed by atoms with Gasteiger partial charge in [0.2, 0.25) is 0 Å². The first-order valence-corrected chi connectivity index (χ1v) is 8.96. The minimum atomic E-state index is -0.464. The molecule has 0 saturated carbocycles. The van der Waals surface area contributed by atoms with Crippen LogP contribution in [0.1, 0.15) is 10.4 Å². The number of carbonyl (C=O) groups excluding carboxylic acids is 1. The van der Waals surface area contributed by atoms with Gasteiger partial charge >= 0.3 is 0 Å². The van der Waals surface area contributed by atoms with Gasteiger partial charge in [0, 0.05) is 27.5 Å². The number of aromatic nitrogens is 1. The Morgan fingerprint density at radius 2 is 2.08 bits per heavy atom. The number of nitro groups is 1. The van der Waals surface area contributed by atoms with Crippen LogP contribution in [0.3, 0.4) is 0 Å². The number of anilines is 1. The first-order valence-electron chi connectivity index (χ1n) is 6.91. The van der Waals surface area contributed by atoms with Crippen LogP contribution in [0.5, 0.6) is 0 Å². The number of benzene rings is 2. The summed E-state index contributed by atoms with van der Waals surface area (Å²) in [4.78, 5) is 27.0. The molecule has 1 amide bonds. The van der Waals surface area contributed by atoms with E-state index in [9.17, 15) is 14.9 Å². The maximum absolute atomic E-state index is 12.3. The highest BCUT2D eigenvalue weighted by Crippen LogP contribution is 2.28. The normalized spacial score (nSPS) is 10.5. The Labute approximate surface area is 159 Å². The largest absolute Gasteiger partial charge is 0.298 e. The minimum absolute atomic E-state index is 0.0167. The van der Waals surface area contributed by atoms with Gasteiger partial charge in [-0.25, -0.2) is 4.98 Å². The number of nitrogens with zero attached hydrogens (tertiary/aromatic N) is 2. The van der Waals surface area contributed by atoms with Crippen molar-refractivity contribution in [2.45, 2.75) is 0 Å². The maximum atomic E-state index is 12.3. The predicted molar refractivity (Wildman–Crippen MR) is 101 cm³/mol. The van der Waals surface area contributed by atoms with E-state index < -0.39 is 4.92 Å². The van der Waals surface area contributed by atoms with E-state index in [0.717, 1.165) is 4.47 Å². The van der Waals surface area contributed by atoms with Gasteiger partial charge in [0.05, 0.1) is 21.2 Å². The van der Waals surface area contributed by atoms with E-state index in [0.29, 0.717) is 27.0 Å². The highest BCUT2D eigenvalue weighted by Gasteiger charge is 2.14. The van der Waals surface area contributed by atoms with Crippen LogP contribution >= 0.6 is 38.9 Å². The number of nitrogens with one attached hydrogen (secondary N) is 1. The molecule has 0 radical (unpaired) electrons. The monoisotopic (exact) mass is 437 g/mol. The summed E-state index contributed by atoms with van der Waals surface area (Å²) in [5.74, 6) is -0.383. The molecule has 0 spiro atoms. The highest BCUT2D eigenvalue weighted by atomic mass is 79.9. The second-order valence-electron chi connectivity index (χ2n) is 4.92. The van der Waals surface area contributed by atoms with Gasteiger partial charge in [0.1, 0.15) is 0 Å². The number of amides is 1. The van der Waals surface area contributed by atoms with Crippen LogP contribution in [0.2, 0.25) is 5.02 Å². The Bertz CT molecular complexity index is 977. The van der Waals surface area contributed by atoms with E-state index in [2.05, 4.69) is 26.2 Å². The Kier molecular flexibility index (Phi) is 5.12. The number of thiazole rings is 1. The van der Waals surface area contributed by atoms with Gasteiger partial charge in [-0.1, -0.05) is 39.7 Å². The van der Waals surface area contributed by atoms with Crippen LogP contribution in [0, 0.1) is 10.1 Å². The number of non-ortho nitro benzene ring substituents is 1. The maximum Gasteiger partial charge on any atom is 0.270 e. The number of hydrogen-bond acceptors (Lipinski definition) is 5. The smallest absolute Gasteiger partial charge is 0.270 e. The second kappa shape index (κ2) is 7.30. The molecule has 1 aromatic heterocycles. The molecule has 0 aliphatic rings. The van der Waals surface area contributed by atoms with E-state index in [-0.39, 0.29) is 11.6 Å². The Morgan fingerprint density at radius 3 is 2.84 bits per heavy atom. The van der Waals surface area contributed by atoms with Crippen molar-refractivity contribution in [1.29, 1.82) is 0 Å². The third-order valence-electron chi connectivity index (χ3n) is 3.25. The number of carbonyl (C=O) groups is 1. The van der Waals surface area contributed by atoms with Gasteiger partial charge in [0.15, 0.2) is 5.13 Å². The predicted octanol–water partition coefficient (Wildman–Crippen LogP) is 5.39. The Hall–Kier alpha value is -2.29. The number of nitro benzene ring substituents is 1. The zero-order valence-electron chi connectivity index (χ0n) is 12.4. The molecule has 2 aromatic carbocycles. The molecule has 0 fully saturated rings. The quantitative estimate of drug-likeness (QED) is 0.437. The molecule has 6 nitrogen and oxygen atoms in total. The third kappa shape index (κ3) is 4.04. The fraction of sp³-hybridized carbons (Fsp3) is 0. The van der Waals surface area contributed by atoms with E-state index >= 15 is 0 Å². The minimum Gasteiger partial charge on any atom is -0.298 e. The third-order valence-corrected chi connectivity index (χ3v) is 4.83. The number of rotatable bonds is 4. The number of hydrogen-bond donors (Lipinski definition) is 1. The molecular weight excluding hydrogens is 430 g/mol. The molecule has 1 heterocycles. The first kappa shape index (κ1) is 17.5. The van der Waals surface area contributed by atoms with E-state index in [4.69, 9.17) is 11.6 Å². The van der Waals surface area contributed by atoms with Crippen molar-refractivity contribution >= 4 is 55.6 Å². The van der Waals surface area contributed by atoms with Gasteiger partial charge < -0.3 is 0 Å². The molecule has 126 valence electrons. The molecule has 0 bridgehead atoms. The molecule has 1 N–H and O–H groups in total. The first-order chi connectivity index (χ1) is 11.9. The summed E-state index contributed by atoms with van der Waals surface area (Å²) in [5.41, 5.74) is 1.45. The molecule has 0 saturated heterocycles. The van der Waals surface area contributed by atoms with E-state index in [1.807, 2.05) is 0 Å². The van der Waals surface area contributed by atoms with Crippen LogP contribution in [0.25, 0.3) is 11.3 Å². The summed E-state index contributed by atoms with van der Waals surface area (Å²) in [7, 11) is 0. The molecular formula is C16H9BrClN3O3S. The standard InChI is InChI=1S/C16H9BrClN3O3S/c17-10-4-5-13(18)12(7-10)15(22)20-16-19-14(8-25-16)9-2-1-3-11(6-9)21(23)24/h1-8H,(H,19,20,22). The van der Waals surface area contributed by atoms with Gasteiger partial charge in [-0.3, -0.25) is 20.2 Å². The van der Waals surface area contributed by atoms with Crippen LogP contribution in [-0.4, -0.2) is 15.8 Å². The molecule has 0 aliphatic heterocycles. The zero-order valence-corrected chi connectivity index (χ0v) is 15.6. The lowest BCUT2D eigenvalue weighted by Crippen LogP contribution is -2.12. The molecule has 25 heavy (non-hydrogen) atoms. The lowest BCUT2D eigenvalue weighted by atomic mass is 10.1. The van der Waals surface area contributed by atoms with Crippen molar-refractivity contribution in [2.75, 3.05) is 5.32 Å². The molecule has 9 heteroatoms. The van der Waals surface area contributed by atoms with Crippen LogP contribution in [0.4, 0.5) is 10.8 Å². The Balaban J connectivity index is 1.82. The van der Waals surface area contributed by atoms with E-state index in [1.54, 1.807) is 35.7 Å². The van der Waals surface area contributed by atoms with Gasteiger partial charge in [-0.15, -0.1) is 11.3 Å². The molecule has 0 unspecified atom stereocenters. The average Bonchev–Trinajstić information content (AvgIpc) is 3.05. The Morgan fingerprint density at radius 1 is 1.28 bits per heavy atom. The van der Waals surface area contributed by atoms with Crippen LogP contribution < -0.4 is 5.32 Å². The topological polar surface area (TPSA) is 85.1 Å². The van der Waals surface area contributed by atoms with Crippen LogP contribution in [0.15, 0.2) is 52.3 Å². The van der Waals surface area contributed by atoms with Crippen molar-refractivity contribution < 1.29 is 9.72 Å². The summed E-state index contributed by atoms with van der Waals surface area (Å²) in [6, 6.07) is 11.1.